The summed E-state index contributed by atoms with van der Waals surface area (Å²) in [6.07, 6.45) is 1.21. The second-order valence-electron chi connectivity index (χ2n) is 10.4. The highest BCUT2D eigenvalue weighted by molar-refractivity contribution is 5.96. The van der Waals surface area contributed by atoms with E-state index in [1.807, 2.05) is 30.3 Å². The molecule has 2 aromatic rings. The van der Waals surface area contributed by atoms with Gasteiger partial charge in [-0.25, -0.2) is 0 Å². The number of aliphatic hydroxyl groups is 3. The summed E-state index contributed by atoms with van der Waals surface area (Å²) >= 11 is 0. The van der Waals surface area contributed by atoms with Crippen LogP contribution in [0.25, 0.3) is 0 Å². The first-order valence-electron chi connectivity index (χ1n) is 13.7. The standard InChI is InChI=1S/C30H36N2O8/c1-38-24-13-19(17-34)12-21-26-22(30(37)31-9-10-33)15-23(27(36)29(26)40-28(21)24)32(16-20-8-5-11-39-20)25(35)14-18-6-3-2-4-7-18/h2-4,6-7,12-13,15,20,23,26-27,29,33-34,36H,5,8-11,14,16-17H2,1H3,(H,31,37). The number of benzene rings is 2. The van der Waals surface area contributed by atoms with Gasteiger partial charge in [-0.2, -0.15) is 0 Å². The summed E-state index contributed by atoms with van der Waals surface area (Å²) in [5.74, 6) is -0.540. The first-order valence-corrected chi connectivity index (χ1v) is 13.7. The molecule has 4 N–H and O–H groups in total. The molecule has 10 nitrogen and oxygen atoms in total. The van der Waals surface area contributed by atoms with Gasteiger partial charge in [-0.1, -0.05) is 30.3 Å². The topological polar surface area (TPSA) is 138 Å². The van der Waals surface area contributed by atoms with E-state index in [0.29, 0.717) is 34.8 Å². The molecule has 5 rings (SSSR count). The molecule has 5 unspecified atom stereocenters. The van der Waals surface area contributed by atoms with Crippen molar-refractivity contribution in [3.05, 3.63) is 70.8 Å². The maximum Gasteiger partial charge on any atom is 0.247 e. The maximum absolute atomic E-state index is 13.8. The van der Waals surface area contributed by atoms with Crippen LogP contribution in [0.3, 0.4) is 0 Å². The predicted molar refractivity (Wildman–Crippen MR) is 145 cm³/mol. The lowest BCUT2D eigenvalue weighted by Gasteiger charge is -2.41. The molecule has 0 saturated carbocycles. The highest BCUT2D eigenvalue weighted by Crippen LogP contribution is 2.51. The SMILES string of the molecule is COc1cc(CO)cc2c1OC1C2C(C(=O)NCCO)=CC(N(CC2CCCO2)C(=O)Cc2ccccc2)C1O. The lowest BCUT2D eigenvalue weighted by molar-refractivity contribution is -0.138. The van der Waals surface area contributed by atoms with E-state index < -0.39 is 30.1 Å². The van der Waals surface area contributed by atoms with Crippen molar-refractivity contribution in [2.75, 3.05) is 33.4 Å². The molecule has 0 aromatic heterocycles. The third-order valence-corrected chi connectivity index (χ3v) is 7.80. The number of rotatable bonds is 10. The van der Waals surface area contributed by atoms with Gasteiger partial charge in [-0.3, -0.25) is 9.59 Å². The number of aliphatic hydroxyl groups excluding tert-OH is 3. The minimum Gasteiger partial charge on any atom is -0.493 e. The van der Waals surface area contributed by atoms with Crippen LogP contribution in [-0.2, 0) is 27.4 Å². The van der Waals surface area contributed by atoms with Crippen LogP contribution in [-0.4, -0.2) is 89.8 Å². The summed E-state index contributed by atoms with van der Waals surface area (Å²) in [4.78, 5) is 28.9. The van der Waals surface area contributed by atoms with E-state index in [-0.39, 0.29) is 44.7 Å². The Morgan fingerprint density at radius 1 is 1.15 bits per heavy atom. The van der Waals surface area contributed by atoms with Gasteiger partial charge in [0, 0.05) is 30.8 Å². The fraction of sp³-hybridized carbons (Fsp3) is 0.467. The van der Waals surface area contributed by atoms with Gasteiger partial charge in [0.05, 0.1) is 44.8 Å². The Labute approximate surface area is 233 Å². The number of carbonyl (C=O) groups is 2. The highest BCUT2D eigenvalue weighted by Gasteiger charge is 2.51. The largest absolute Gasteiger partial charge is 0.493 e. The summed E-state index contributed by atoms with van der Waals surface area (Å²) in [5.41, 5.74) is 2.33. The first-order chi connectivity index (χ1) is 19.4. The Morgan fingerprint density at radius 3 is 2.62 bits per heavy atom. The predicted octanol–water partition coefficient (Wildman–Crippen LogP) is 1.06. The summed E-state index contributed by atoms with van der Waals surface area (Å²) in [6.45, 7) is 0.429. The normalized spacial score (nSPS) is 24.9. The molecular weight excluding hydrogens is 516 g/mol. The first kappa shape index (κ1) is 28.1. The van der Waals surface area contributed by atoms with Crippen molar-refractivity contribution >= 4 is 11.8 Å². The summed E-state index contributed by atoms with van der Waals surface area (Å²) < 4.78 is 17.7. The summed E-state index contributed by atoms with van der Waals surface area (Å²) in [6, 6.07) is 11.9. The second kappa shape index (κ2) is 12.4. The molecule has 1 fully saturated rings. The van der Waals surface area contributed by atoms with Crippen molar-refractivity contribution in [1.29, 1.82) is 0 Å². The number of nitrogens with one attached hydrogen (secondary N) is 1. The third-order valence-electron chi connectivity index (χ3n) is 7.80. The van der Waals surface area contributed by atoms with Crippen molar-refractivity contribution in [1.82, 2.24) is 10.2 Å². The molecule has 10 heteroatoms. The van der Waals surface area contributed by atoms with Crippen LogP contribution in [0.15, 0.2) is 54.1 Å². The molecule has 5 atom stereocenters. The summed E-state index contributed by atoms with van der Waals surface area (Å²) in [7, 11) is 1.48. The molecule has 1 aliphatic carbocycles. The van der Waals surface area contributed by atoms with Crippen molar-refractivity contribution in [3.63, 3.8) is 0 Å². The fourth-order valence-corrected chi connectivity index (χ4v) is 5.89. The minimum atomic E-state index is -1.17. The Balaban J connectivity index is 1.56. The number of carbonyl (C=O) groups excluding carboxylic acids is 2. The van der Waals surface area contributed by atoms with Gasteiger partial charge in [-0.15, -0.1) is 0 Å². The zero-order valence-electron chi connectivity index (χ0n) is 22.5. The molecule has 40 heavy (non-hydrogen) atoms. The molecule has 2 amide bonds. The van der Waals surface area contributed by atoms with E-state index in [2.05, 4.69) is 5.32 Å². The average molecular weight is 553 g/mol. The van der Waals surface area contributed by atoms with Gasteiger partial charge in [0.25, 0.3) is 0 Å². The highest BCUT2D eigenvalue weighted by atomic mass is 16.5. The van der Waals surface area contributed by atoms with E-state index >= 15 is 0 Å². The minimum absolute atomic E-state index is 0.0427. The molecule has 1 saturated heterocycles. The van der Waals surface area contributed by atoms with Gasteiger partial charge in [0.2, 0.25) is 11.8 Å². The van der Waals surface area contributed by atoms with Crippen molar-refractivity contribution in [2.24, 2.45) is 0 Å². The van der Waals surface area contributed by atoms with Crippen LogP contribution >= 0.6 is 0 Å². The Bertz CT molecular complexity index is 1240. The average Bonchev–Trinajstić information content (AvgIpc) is 3.63. The number of nitrogens with zero attached hydrogens (tertiary/aromatic N) is 1. The maximum atomic E-state index is 13.8. The molecule has 214 valence electrons. The molecule has 2 aromatic carbocycles. The number of methoxy groups -OCH3 is 1. The monoisotopic (exact) mass is 552 g/mol. The number of amides is 2. The second-order valence-corrected chi connectivity index (χ2v) is 10.4. The number of hydrogen-bond donors (Lipinski definition) is 4. The Hall–Kier alpha value is -3.44. The smallest absolute Gasteiger partial charge is 0.247 e. The number of fused-ring (bicyclic) bond motifs is 3. The molecule has 2 aliphatic heterocycles. The quantitative estimate of drug-likeness (QED) is 0.344. The van der Waals surface area contributed by atoms with Gasteiger partial charge >= 0.3 is 0 Å². The zero-order valence-corrected chi connectivity index (χ0v) is 22.5. The number of ether oxygens (including phenoxy) is 3. The third kappa shape index (κ3) is 5.57. The molecule has 0 radical (unpaired) electrons. The van der Waals surface area contributed by atoms with Crippen LogP contribution in [0.1, 0.15) is 35.4 Å². The Morgan fingerprint density at radius 2 is 1.95 bits per heavy atom. The van der Waals surface area contributed by atoms with Gasteiger partial charge < -0.3 is 39.7 Å². The Kier molecular flexibility index (Phi) is 8.70. The number of hydrogen-bond acceptors (Lipinski definition) is 8. The molecule has 0 bridgehead atoms. The lowest BCUT2D eigenvalue weighted by Crippen LogP contribution is -2.57. The van der Waals surface area contributed by atoms with Crippen LogP contribution in [0.4, 0.5) is 0 Å². The molecular formula is C30H36N2O8. The van der Waals surface area contributed by atoms with Crippen LogP contribution in [0.2, 0.25) is 0 Å². The van der Waals surface area contributed by atoms with Crippen molar-refractivity contribution in [3.8, 4) is 11.5 Å². The molecule has 0 spiro atoms. The van der Waals surface area contributed by atoms with Crippen molar-refractivity contribution < 1.29 is 39.1 Å². The molecule has 2 heterocycles. The van der Waals surface area contributed by atoms with Gasteiger partial charge in [0.15, 0.2) is 11.5 Å². The van der Waals surface area contributed by atoms with Gasteiger partial charge in [-0.05, 0) is 42.2 Å². The van der Waals surface area contributed by atoms with E-state index in [0.717, 1.165) is 18.4 Å². The summed E-state index contributed by atoms with van der Waals surface area (Å²) in [5, 5.41) is 33.7. The van der Waals surface area contributed by atoms with Crippen molar-refractivity contribution in [2.45, 2.75) is 56.1 Å². The van der Waals surface area contributed by atoms with E-state index in [1.165, 1.54) is 7.11 Å². The van der Waals surface area contributed by atoms with E-state index in [4.69, 9.17) is 14.2 Å². The molecule has 3 aliphatic rings. The fourth-order valence-electron chi connectivity index (χ4n) is 5.89. The lowest BCUT2D eigenvalue weighted by atomic mass is 9.77. The van der Waals surface area contributed by atoms with E-state index in [9.17, 15) is 24.9 Å². The zero-order chi connectivity index (χ0) is 28.2. The van der Waals surface area contributed by atoms with Gasteiger partial charge in [0.1, 0.15) is 12.2 Å². The van der Waals surface area contributed by atoms with Crippen LogP contribution in [0, 0.1) is 0 Å². The van der Waals surface area contributed by atoms with Crippen LogP contribution in [0.5, 0.6) is 11.5 Å². The van der Waals surface area contributed by atoms with Crippen LogP contribution < -0.4 is 14.8 Å². The van der Waals surface area contributed by atoms with E-state index in [1.54, 1.807) is 23.1 Å².